The third kappa shape index (κ3) is 19.7. The van der Waals surface area contributed by atoms with Crippen molar-refractivity contribution in [1.82, 2.24) is 0 Å². The number of esters is 2. The lowest BCUT2D eigenvalue weighted by Gasteiger charge is -2.15. The molecular formula is C25H44O5. The second-order valence-corrected chi connectivity index (χ2v) is 7.67. The van der Waals surface area contributed by atoms with Crippen LogP contribution in [0.3, 0.4) is 0 Å². The minimum absolute atomic E-state index is 0.0861. The number of aliphatic hydroxyl groups is 1. The Balaban J connectivity index is 3.52. The van der Waals surface area contributed by atoms with Gasteiger partial charge in [0.2, 0.25) is 0 Å². The van der Waals surface area contributed by atoms with Crippen LogP contribution in [0.4, 0.5) is 0 Å². The molecule has 0 amide bonds. The SMILES string of the molecule is CCCCCC/C=C\C/C=C\CCCCCCCC(=O)OC(CO)COC(=O)CC. The standard InChI is InChI=1S/C25H44O5/c1-3-5-6-7-8-9-10-11-12-13-14-15-16-17-18-19-20-25(28)30-23(21-26)22-29-24(27)4-2/h9-10,12-13,23,26H,3-8,11,14-22H2,1-2H3/b10-9-,13-12-. The third-order valence-electron chi connectivity index (χ3n) is 4.80. The van der Waals surface area contributed by atoms with Crippen molar-refractivity contribution in [3.8, 4) is 0 Å². The highest BCUT2D eigenvalue weighted by molar-refractivity contribution is 5.70. The van der Waals surface area contributed by atoms with E-state index in [4.69, 9.17) is 9.47 Å². The summed E-state index contributed by atoms with van der Waals surface area (Å²) in [6.07, 6.45) is 22.8. The van der Waals surface area contributed by atoms with Crippen molar-refractivity contribution < 1.29 is 24.2 Å². The summed E-state index contributed by atoms with van der Waals surface area (Å²) < 4.78 is 10.0. The van der Waals surface area contributed by atoms with Gasteiger partial charge in [0.15, 0.2) is 6.10 Å². The number of carbonyl (C=O) groups is 2. The van der Waals surface area contributed by atoms with Crippen molar-refractivity contribution in [2.75, 3.05) is 13.2 Å². The summed E-state index contributed by atoms with van der Waals surface area (Å²) >= 11 is 0. The van der Waals surface area contributed by atoms with Gasteiger partial charge in [0.25, 0.3) is 0 Å². The van der Waals surface area contributed by atoms with E-state index in [-0.39, 0.29) is 31.6 Å². The van der Waals surface area contributed by atoms with E-state index in [2.05, 4.69) is 31.2 Å². The van der Waals surface area contributed by atoms with Crippen LogP contribution in [0.25, 0.3) is 0 Å². The monoisotopic (exact) mass is 424 g/mol. The summed E-state index contributed by atoms with van der Waals surface area (Å²) in [5, 5.41) is 9.20. The lowest BCUT2D eigenvalue weighted by molar-refractivity contribution is -0.161. The molecule has 0 aromatic heterocycles. The van der Waals surface area contributed by atoms with Crippen molar-refractivity contribution in [3.05, 3.63) is 24.3 Å². The zero-order chi connectivity index (χ0) is 22.3. The molecule has 5 heteroatoms. The van der Waals surface area contributed by atoms with E-state index in [1.165, 1.54) is 44.9 Å². The Hall–Kier alpha value is -1.62. The summed E-state index contributed by atoms with van der Waals surface area (Å²) in [5.41, 5.74) is 0. The molecule has 5 nitrogen and oxygen atoms in total. The molecular weight excluding hydrogens is 380 g/mol. The van der Waals surface area contributed by atoms with Crippen LogP contribution in [0, 0.1) is 0 Å². The normalized spacial score (nSPS) is 12.5. The fourth-order valence-electron chi connectivity index (χ4n) is 2.91. The van der Waals surface area contributed by atoms with Crippen LogP contribution in [0.2, 0.25) is 0 Å². The Kier molecular flexibility index (Phi) is 20.9. The number of hydrogen-bond acceptors (Lipinski definition) is 5. The fourth-order valence-corrected chi connectivity index (χ4v) is 2.91. The summed E-state index contributed by atoms with van der Waals surface area (Å²) in [5.74, 6) is -0.712. The summed E-state index contributed by atoms with van der Waals surface area (Å²) in [6.45, 7) is 3.50. The molecule has 0 saturated heterocycles. The van der Waals surface area contributed by atoms with Gasteiger partial charge < -0.3 is 14.6 Å². The van der Waals surface area contributed by atoms with Gasteiger partial charge >= 0.3 is 11.9 Å². The lowest BCUT2D eigenvalue weighted by atomic mass is 10.1. The van der Waals surface area contributed by atoms with Crippen LogP contribution in [0.5, 0.6) is 0 Å². The highest BCUT2D eigenvalue weighted by atomic mass is 16.6. The highest BCUT2D eigenvalue weighted by Gasteiger charge is 2.15. The number of unbranched alkanes of at least 4 members (excludes halogenated alkanes) is 9. The molecule has 0 aliphatic rings. The average molecular weight is 425 g/mol. The second kappa shape index (κ2) is 22.1. The summed E-state index contributed by atoms with van der Waals surface area (Å²) in [4.78, 5) is 22.9. The molecule has 0 aromatic rings. The topological polar surface area (TPSA) is 72.8 Å². The quantitative estimate of drug-likeness (QED) is 0.146. The Morgan fingerprint density at radius 3 is 2.00 bits per heavy atom. The first-order valence-corrected chi connectivity index (χ1v) is 11.9. The molecule has 1 atom stereocenters. The van der Waals surface area contributed by atoms with Gasteiger partial charge in [0, 0.05) is 12.8 Å². The predicted octanol–water partition coefficient (Wildman–Crippen LogP) is 6.05. The van der Waals surface area contributed by atoms with Crippen LogP contribution >= 0.6 is 0 Å². The number of ether oxygens (including phenoxy) is 2. The largest absolute Gasteiger partial charge is 0.462 e. The molecule has 1 unspecified atom stereocenters. The lowest BCUT2D eigenvalue weighted by Crippen LogP contribution is -2.28. The molecule has 0 fully saturated rings. The van der Waals surface area contributed by atoms with E-state index in [9.17, 15) is 14.7 Å². The van der Waals surface area contributed by atoms with Crippen molar-refractivity contribution in [2.24, 2.45) is 0 Å². The van der Waals surface area contributed by atoms with E-state index >= 15 is 0 Å². The number of carbonyl (C=O) groups excluding carboxylic acids is 2. The van der Waals surface area contributed by atoms with Crippen LogP contribution in [-0.4, -0.2) is 36.4 Å². The van der Waals surface area contributed by atoms with E-state index in [1.807, 2.05) is 0 Å². The Bertz CT molecular complexity index is 470. The molecule has 0 rings (SSSR count). The molecule has 0 saturated carbocycles. The Labute approximate surface area is 183 Å². The molecule has 0 bridgehead atoms. The van der Waals surface area contributed by atoms with Gasteiger partial charge in [-0.05, 0) is 38.5 Å². The maximum Gasteiger partial charge on any atom is 0.306 e. The molecule has 174 valence electrons. The van der Waals surface area contributed by atoms with Crippen molar-refractivity contribution >= 4 is 11.9 Å². The molecule has 30 heavy (non-hydrogen) atoms. The second-order valence-electron chi connectivity index (χ2n) is 7.67. The molecule has 0 aliphatic carbocycles. The van der Waals surface area contributed by atoms with Crippen LogP contribution < -0.4 is 0 Å². The first-order chi connectivity index (χ1) is 14.6. The smallest absolute Gasteiger partial charge is 0.306 e. The van der Waals surface area contributed by atoms with Gasteiger partial charge in [0.1, 0.15) is 6.61 Å². The minimum atomic E-state index is -0.768. The molecule has 0 aliphatic heterocycles. The van der Waals surface area contributed by atoms with Crippen LogP contribution in [-0.2, 0) is 19.1 Å². The van der Waals surface area contributed by atoms with Crippen LogP contribution in [0.15, 0.2) is 24.3 Å². The molecule has 0 heterocycles. The van der Waals surface area contributed by atoms with E-state index in [0.717, 1.165) is 32.1 Å². The van der Waals surface area contributed by atoms with E-state index in [0.29, 0.717) is 6.42 Å². The zero-order valence-corrected chi connectivity index (χ0v) is 19.3. The van der Waals surface area contributed by atoms with Crippen LogP contribution in [0.1, 0.15) is 104 Å². The highest BCUT2D eigenvalue weighted by Crippen LogP contribution is 2.09. The van der Waals surface area contributed by atoms with Gasteiger partial charge in [-0.3, -0.25) is 9.59 Å². The number of rotatable bonds is 20. The molecule has 0 aromatic carbocycles. The predicted molar refractivity (Wildman–Crippen MR) is 122 cm³/mol. The summed E-state index contributed by atoms with van der Waals surface area (Å²) in [6, 6.07) is 0. The molecule has 0 spiro atoms. The van der Waals surface area contributed by atoms with E-state index < -0.39 is 6.10 Å². The maximum absolute atomic E-state index is 11.8. The van der Waals surface area contributed by atoms with Crippen molar-refractivity contribution in [2.45, 2.75) is 110 Å². The third-order valence-corrected chi connectivity index (χ3v) is 4.80. The number of aliphatic hydroxyl groups excluding tert-OH is 1. The van der Waals surface area contributed by atoms with Gasteiger partial charge in [0.05, 0.1) is 6.61 Å². The Morgan fingerprint density at radius 1 is 0.800 bits per heavy atom. The van der Waals surface area contributed by atoms with Crippen molar-refractivity contribution in [1.29, 1.82) is 0 Å². The first kappa shape index (κ1) is 28.4. The number of hydrogen-bond donors (Lipinski definition) is 1. The number of allylic oxidation sites excluding steroid dienone is 4. The van der Waals surface area contributed by atoms with E-state index in [1.54, 1.807) is 6.92 Å². The van der Waals surface area contributed by atoms with Gasteiger partial charge in [-0.25, -0.2) is 0 Å². The van der Waals surface area contributed by atoms with Gasteiger partial charge in [-0.15, -0.1) is 0 Å². The van der Waals surface area contributed by atoms with Crippen molar-refractivity contribution in [3.63, 3.8) is 0 Å². The fraction of sp³-hybridized carbons (Fsp3) is 0.760. The molecule has 1 N–H and O–H groups in total. The summed E-state index contributed by atoms with van der Waals surface area (Å²) in [7, 11) is 0. The van der Waals surface area contributed by atoms with Gasteiger partial charge in [-0.1, -0.05) is 76.7 Å². The first-order valence-electron chi connectivity index (χ1n) is 11.9. The van der Waals surface area contributed by atoms with Gasteiger partial charge in [-0.2, -0.15) is 0 Å². The minimum Gasteiger partial charge on any atom is -0.462 e. The average Bonchev–Trinajstić information content (AvgIpc) is 2.75. The zero-order valence-electron chi connectivity index (χ0n) is 19.3. The Morgan fingerprint density at radius 2 is 1.40 bits per heavy atom. The maximum atomic E-state index is 11.8. The molecule has 0 radical (unpaired) electrons.